The van der Waals surface area contributed by atoms with E-state index < -0.39 is 6.04 Å². The number of hydrogen-bond acceptors (Lipinski definition) is 5. The van der Waals surface area contributed by atoms with Crippen molar-refractivity contribution in [2.75, 3.05) is 24.4 Å². The summed E-state index contributed by atoms with van der Waals surface area (Å²) in [4.78, 5) is 42.3. The first kappa shape index (κ1) is 21.7. The SMILES string of the molecule is COc1ccc(NC(=O)C[C@@H]2C(=O)N(c3ccc(OC)cc3)C(=O)N2C2CCCC2)cc1. The molecule has 0 unspecified atom stereocenters. The first-order valence-electron chi connectivity index (χ1n) is 10.8. The summed E-state index contributed by atoms with van der Waals surface area (Å²) < 4.78 is 10.3. The van der Waals surface area contributed by atoms with E-state index in [0.29, 0.717) is 22.9 Å². The molecule has 8 nitrogen and oxygen atoms in total. The van der Waals surface area contributed by atoms with Gasteiger partial charge in [-0.2, -0.15) is 0 Å². The maximum Gasteiger partial charge on any atom is 0.332 e. The number of methoxy groups -OCH3 is 2. The number of hydrogen-bond donors (Lipinski definition) is 1. The van der Waals surface area contributed by atoms with Crippen molar-refractivity contribution in [3.63, 3.8) is 0 Å². The minimum absolute atomic E-state index is 0.0338. The molecule has 0 aromatic heterocycles. The van der Waals surface area contributed by atoms with E-state index in [4.69, 9.17) is 9.47 Å². The Morgan fingerprint density at radius 1 is 0.938 bits per heavy atom. The largest absolute Gasteiger partial charge is 0.497 e. The average Bonchev–Trinajstić information content (AvgIpc) is 3.41. The average molecular weight is 437 g/mol. The second-order valence-corrected chi connectivity index (χ2v) is 8.00. The number of carbonyl (C=O) groups excluding carboxylic acids is 3. The van der Waals surface area contributed by atoms with Crippen LogP contribution in [0.5, 0.6) is 11.5 Å². The predicted molar refractivity (Wildman–Crippen MR) is 120 cm³/mol. The monoisotopic (exact) mass is 437 g/mol. The Morgan fingerprint density at radius 3 is 2.06 bits per heavy atom. The van der Waals surface area contributed by atoms with E-state index in [9.17, 15) is 14.4 Å². The van der Waals surface area contributed by atoms with Crippen molar-refractivity contribution in [2.45, 2.75) is 44.2 Å². The Balaban J connectivity index is 1.55. The zero-order valence-electron chi connectivity index (χ0n) is 18.2. The molecule has 1 heterocycles. The van der Waals surface area contributed by atoms with Gasteiger partial charge in [0.15, 0.2) is 0 Å². The van der Waals surface area contributed by atoms with Gasteiger partial charge in [-0.15, -0.1) is 0 Å². The second-order valence-electron chi connectivity index (χ2n) is 8.00. The molecule has 1 aliphatic heterocycles. The fourth-order valence-electron chi connectivity index (χ4n) is 4.42. The molecule has 1 N–H and O–H groups in total. The topological polar surface area (TPSA) is 88.2 Å². The van der Waals surface area contributed by atoms with Crippen LogP contribution in [0.15, 0.2) is 48.5 Å². The van der Waals surface area contributed by atoms with Gasteiger partial charge in [-0.1, -0.05) is 12.8 Å². The smallest absolute Gasteiger partial charge is 0.332 e. The van der Waals surface area contributed by atoms with Crippen molar-refractivity contribution >= 4 is 29.2 Å². The van der Waals surface area contributed by atoms with Gasteiger partial charge in [0.05, 0.1) is 26.3 Å². The van der Waals surface area contributed by atoms with Gasteiger partial charge in [0, 0.05) is 11.7 Å². The zero-order valence-corrected chi connectivity index (χ0v) is 18.2. The van der Waals surface area contributed by atoms with Gasteiger partial charge in [0.25, 0.3) is 5.91 Å². The zero-order chi connectivity index (χ0) is 22.7. The van der Waals surface area contributed by atoms with Gasteiger partial charge in [-0.3, -0.25) is 9.59 Å². The second kappa shape index (κ2) is 9.30. The molecule has 0 bridgehead atoms. The molecule has 4 rings (SSSR count). The molecular weight excluding hydrogens is 410 g/mol. The summed E-state index contributed by atoms with van der Waals surface area (Å²) in [5, 5.41) is 2.82. The third kappa shape index (κ3) is 4.26. The van der Waals surface area contributed by atoms with Crippen LogP contribution in [-0.2, 0) is 9.59 Å². The number of urea groups is 1. The molecule has 0 radical (unpaired) electrons. The van der Waals surface area contributed by atoms with E-state index >= 15 is 0 Å². The maximum absolute atomic E-state index is 13.3. The Morgan fingerprint density at radius 2 is 1.50 bits per heavy atom. The van der Waals surface area contributed by atoms with Crippen LogP contribution in [0.3, 0.4) is 0 Å². The molecule has 32 heavy (non-hydrogen) atoms. The van der Waals surface area contributed by atoms with E-state index in [0.717, 1.165) is 25.7 Å². The van der Waals surface area contributed by atoms with E-state index in [2.05, 4.69) is 5.32 Å². The molecule has 1 aliphatic carbocycles. The highest BCUT2D eigenvalue weighted by atomic mass is 16.5. The van der Waals surface area contributed by atoms with E-state index in [1.807, 2.05) is 0 Å². The molecule has 8 heteroatoms. The van der Waals surface area contributed by atoms with Crippen LogP contribution >= 0.6 is 0 Å². The first-order valence-corrected chi connectivity index (χ1v) is 10.8. The van der Waals surface area contributed by atoms with E-state index in [1.165, 1.54) is 4.90 Å². The third-order valence-electron chi connectivity index (χ3n) is 6.05. The molecule has 2 aliphatic rings. The van der Waals surface area contributed by atoms with Gasteiger partial charge in [-0.05, 0) is 61.4 Å². The lowest BCUT2D eigenvalue weighted by Crippen LogP contribution is -2.43. The quantitative estimate of drug-likeness (QED) is 0.666. The number of amides is 4. The third-order valence-corrected chi connectivity index (χ3v) is 6.05. The summed E-state index contributed by atoms with van der Waals surface area (Å²) in [5.74, 6) is 0.621. The Hall–Kier alpha value is -3.55. The minimum Gasteiger partial charge on any atom is -0.497 e. The van der Waals surface area contributed by atoms with Crippen LogP contribution in [0.25, 0.3) is 0 Å². The van der Waals surface area contributed by atoms with Crippen LogP contribution in [-0.4, -0.2) is 49.0 Å². The number of ether oxygens (including phenoxy) is 2. The van der Waals surface area contributed by atoms with Gasteiger partial charge in [-0.25, -0.2) is 9.69 Å². The summed E-state index contributed by atoms with van der Waals surface area (Å²) in [6.45, 7) is 0. The van der Waals surface area contributed by atoms with Crippen LogP contribution in [0, 0.1) is 0 Å². The number of nitrogens with zero attached hydrogens (tertiary/aromatic N) is 2. The first-order chi connectivity index (χ1) is 15.5. The Kier molecular flexibility index (Phi) is 6.30. The lowest BCUT2D eigenvalue weighted by molar-refractivity contribution is -0.124. The number of carbonyl (C=O) groups is 3. The number of rotatable bonds is 7. The molecular formula is C24H27N3O5. The molecule has 0 spiro atoms. The summed E-state index contributed by atoms with van der Waals surface area (Å²) in [6.07, 6.45) is 3.60. The van der Waals surface area contributed by atoms with E-state index in [1.54, 1.807) is 67.7 Å². The van der Waals surface area contributed by atoms with Gasteiger partial charge >= 0.3 is 6.03 Å². The van der Waals surface area contributed by atoms with Crippen LogP contribution in [0.2, 0.25) is 0 Å². The summed E-state index contributed by atoms with van der Waals surface area (Å²) in [6, 6.07) is 12.5. The van der Waals surface area contributed by atoms with Crippen LogP contribution < -0.4 is 19.7 Å². The van der Waals surface area contributed by atoms with Crippen molar-refractivity contribution in [3.05, 3.63) is 48.5 Å². The molecule has 1 atom stereocenters. The molecule has 2 aromatic rings. The highest BCUT2D eigenvalue weighted by Gasteiger charge is 2.49. The lowest BCUT2D eigenvalue weighted by atomic mass is 10.1. The molecule has 2 aromatic carbocycles. The number of anilines is 2. The summed E-state index contributed by atoms with van der Waals surface area (Å²) >= 11 is 0. The maximum atomic E-state index is 13.3. The minimum atomic E-state index is -0.828. The Labute approximate surface area is 187 Å². The highest BCUT2D eigenvalue weighted by Crippen LogP contribution is 2.34. The molecule has 1 saturated carbocycles. The fourth-order valence-corrected chi connectivity index (χ4v) is 4.42. The van der Waals surface area contributed by atoms with E-state index in [-0.39, 0.29) is 30.3 Å². The van der Waals surface area contributed by atoms with Gasteiger partial charge < -0.3 is 19.7 Å². The number of imide groups is 1. The van der Waals surface area contributed by atoms with Crippen molar-refractivity contribution in [1.82, 2.24) is 4.90 Å². The highest BCUT2D eigenvalue weighted by molar-refractivity contribution is 6.22. The van der Waals surface area contributed by atoms with Crippen molar-refractivity contribution in [1.29, 1.82) is 0 Å². The van der Waals surface area contributed by atoms with Crippen molar-refractivity contribution in [2.24, 2.45) is 0 Å². The predicted octanol–water partition coefficient (Wildman–Crippen LogP) is 3.81. The summed E-state index contributed by atoms with van der Waals surface area (Å²) in [7, 11) is 3.13. The lowest BCUT2D eigenvalue weighted by Gasteiger charge is -2.27. The number of nitrogens with one attached hydrogen (secondary N) is 1. The fraction of sp³-hybridized carbons (Fsp3) is 0.375. The van der Waals surface area contributed by atoms with Gasteiger partial charge in [0.1, 0.15) is 17.5 Å². The molecule has 1 saturated heterocycles. The Bertz CT molecular complexity index is 984. The number of benzene rings is 2. The molecule has 4 amide bonds. The van der Waals surface area contributed by atoms with Crippen molar-refractivity contribution < 1.29 is 23.9 Å². The molecule has 168 valence electrons. The normalized spacial score (nSPS) is 18.9. The van der Waals surface area contributed by atoms with Gasteiger partial charge in [0.2, 0.25) is 5.91 Å². The standard InChI is InChI=1S/C24H27N3O5/c1-31-19-11-7-16(8-12-19)25-22(28)15-21-23(29)27(18-9-13-20(32-2)14-10-18)24(30)26(21)17-5-3-4-6-17/h7-14,17,21H,3-6,15H2,1-2H3,(H,25,28)/t21-/m1/s1. The summed E-state index contributed by atoms with van der Waals surface area (Å²) in [5.41, 5.74) is 1.08. The van der Waals surface area contributed by atoms with Crippen LogP contribution in [0.1, 0.15) is 32.1 Å². The van der Waals surface area contributed by atoms with Crippen molar-refractivity contribution in [3.8, 4) is 11.5 Å². The van der Waals surface area contributed by atoms with Crippen LogP contribution in [0.4, 0.5) is 16.2 Å². The molecule has 2 fully saturated rings.